The largest absolute Gasteiger partial charge is 0.333 e. The third-order valence-corrected chi connectivity index (χ3v) is 4.88. The first-order chi connectivity index (χ1) is 12.4. The Morgan fingerprint density at radius 3 is 2.46 bits per heavy atom. The highest BCUT2D eigenvalue weighted by atomic mass is 32.2. The van der Waals surface area contributed by atoms with Crippen molar-refractivity contribution in [2.75, 3.05) is 11.1 Å². The van der Waals surface area contributed by atoms with E-state index in [1.807, 2.05) is 20.8 Å². The molecule has 3 rings (SSSR count). The lowest BCUT2D eigenvalue weighted by Crippen LogP contribution is -2.16. The number of hydrogen-bond acceptors (Lipinski definition) is 3. The first kappa shape index (κ1) is 18.2. The van der Waals surface area contributed by atoms with Gasteiger partial charge in [-0.05, 0) is 61.7 Å². The van der Waals surface area contributed by atoms with Gasteiger partial charge >= 0.3 is 0 Å². The van der Waals surface area contributed by atoms with E-state index in [2.05, 4.69) is 27.4 Å². The molecule has 3 aromatic rings. The number of amides is 1. The third-order valence-electron chi connectivity index (χ3n) is 3.99. The number of imidazole rings is 1. The van der Waals surface area contributed by atoms with Crippen molar-refractivity contribution in [3.8, 4) is 11.3 Å². The number of nitrogens with zero attached hydrogens (tertiary/aromatic N) is 1. The van der Waals surface area contributed by atoms with Crippen LogP contribution in [0.3, 0.4) is 0 Å². The van der Waals surface area contributed by atoms with Gasteiger partial charge in [0, 0.05) is 5.69 Å². The third kappa shape index (κ3) is 4.32. The molecule has 0 fully saturated rings. The second kappa shape index (κ2) is 7.74. The van der Waals surface area contributed by atoms with Crippen molar-refractivity contribution in [3.05, 3.63) is 65.1 Å². The average molecular weight is 369 g/mol. The van der Waals surface area contributed by atoms with Gasteiger partial charge in [-0.25, -0.2) is 9.37 Å². The maximum Gasteiger partial charge on any atom is 0.234 e. The molecule has 26 heavy (non-hydrogen) atoms. The van der Waals surface area contributed by atoms with Crippen LogP contribution in [0.4, 0.5) is 10.1 Å². The number of carbonyl (C=O) groups excluding carboxylic acids is 1. The summed E-state index contributed by atoms with van der Waals surface area (Å²) in [5.41, 5.74) is 5.79. The molecule has 0 saturated carbocycles. The van der Waals surface area contributed by atoms with Gasteiger partial charge in [0.1, 0.15) is 5.82 Å². The molecule has 134 valence electrons. The highest BCUT2D eigenvalue weighted by molar-refractivity contribution is 7.99. The van der Waals surface area contributed by atoms with E-state index in [-0.39, 0.29) is 17.5 Å². The van der Waals surface area contributed by atoms with Crippen LogP contribution in [0.2, 0.25) is 0 Å². The Kier molecular flexibility index (Phi) is 5.42. The van der Waals surface area contributed by atoms with Gasteiger partial charge in [0.05, 0.1) is 17.6 Å². The molecule has 6 heteroatoms. The van der Waals surface area contributed by atoms with Crippen molar-refractivity contribution in [2.24, 2.45) is 0 Å². The molecule has 0 aliphatic rings. The quantitative estimate of drug-likeness (QED) is 0.631. The minimum Gasteiger partial charge on any atom is -0.333 e. The normalized spacial score (nSPS) is 10.8. The van der Waals surface area contributed by atoms with E-state index in [1.165, 1.54) is 29.5 Å². The molecule has 1 heterocycles. The fraction of sp³-hybridized carbons (Fsp3) is 0.200. The summed E-state index contributed by atoms with van der Waals surface area (Å²) >= 11 is 1.33. The van der Waals surface area contributed by atoms with Crippen molar-refractivity contribution in [2.45, 2.75) is 25.9 Å². The molecular weight excluding hydrogens is 349 g/mol. The van der Waals surface area contributed by atoms with Crippen molar-refractivity contribution in [1.82, 2.24) is 9.97 Å². The first-order valence-corrected chi connectivity index (χ1v) is 9.22. The number of aromatic nitrogens is 2. The predicted molar refractivity (Wildman–Crippen MR) is 104 cm³/mol. The summed E-state index contributed by atoms with van der Waals surface area (Å²) in [6, 6.07) is 10.3. The van der Waals surface area contributed by atoms with E-state index >= 15 is 0 Å². The Bertz CT molecular complexity index is 911. The van der Waals surface area contributed by atoms with Crippen molar-refractivity contribution in [1.29, 1.82) is 0 Å². The maximum absolute atomic E-state index is 13.0. The standard InChI is InChI=1S/C20H20FN3OS/c1-12-8-13(2)19(14(3)9-12)24-18(25)11-26-20-22-10-17(23-20)15-4-6-16(21)7-5-15/h4-10H,11H2,1-3H3,(H,22,23)(H,24,25). The summed E-state index contributed by atoms with van der Waals surface area (Å²) in [6.45, 7) is 6.02. The van der Waals surface area contributed by atoms with Gasteiger partial charge in [0.2, 0.25) is 5.91 Å². The van der Waals surface area contributed by atoms with E-state index in [4.69, 9.17) is 0 Å². The first-order valence-electron chi connectivity index (χ1n) is 8.24. The van der Waals surface area contributed by atoms with Crippen molar-refractivity contribution in [3.63, 3.8) is 0 Å². The predicted octanol–water partition coefficient (Wildman–Crippen LogP) is 4.87. The average Bonchev–Trinajstić information content (AvgIpc) is 3.06. The molecule has 0 unspecified atom stereocenters. The van der Waals surface area contributed by atoms with Crippen molar-refractivity contribution < 1.29 is 9.18 Å². The molecular formula is C20H20FN3OS. The Balaban J connectivity index is 1.61. The Labute approximate surface area is 156 Å². The van der Waals surface area contributed by atoms with E-state index in [0.717, 1.165) is 28.1 Å². The topological polar surface area (TPSA) is 57.8 Å². The molecule has 0 atom stereocenters. The van der Waals surface area contributed by atoms with Crippen LogP contribution in [0.25, 0.3) is 11.3 Å². The number of aromatic amines is 1. The molecule has 1 aromatic heterocycles. The lowest BCUT2D eigenvalue weighted by molar-refractivity contribution is -0.113. The Hall–Kier alpha value is -2.60. The van der Waals surface area contributed by atoms with Gasteiger partial charge in [-0.3, -0.25) is 4.79 Å². The minimum atomic E-state index is -0.277. The summed E-state index contributed by atoms with van der Waals surface area (Å²) in [5.74, 6) is -0.102. The number of halogens is 1. The van der Waals surface area contributed by atoms with Gasteiger partial charge in [-0.1, -0.05) is 29.5 Å². The molecule has 1 amide bonds. The SMILES string of the molecule is Cc1cc(C)c(NC(=O)CSc2ncc(-c3ccc(F)cc3)[nH]2)c(C)c1. The second-order valence-corrected chi connectivity index (χ2v) is 7.18. The van der Waals surface area contributed by atoms with E-state index in [1.54, 1.807) is 18.3 Å². The molecule has 0 aliphatic heterocycles. The summed E-state index contributed by atoms with van der Waals surface area (Å²) in [6.07, 6.45) is 1.68. The van der Waals surface area contributed by atoms with Crippen molar-refractivity contribution >= 4 is 23.4 Å². The van der Waals surface area contributed by atoms with Crippen LogP contribution < -0.4 is 5.32 Å². The number of H-pyrrole nitrogens is 1. The summed E-state index contributed by atoms with van der Waals surface area (Å²) < 4.78 is 13.0. The fourth-order valence-corrected chi connectivity index (χ4v) is 3.49. The summed E-state index contributed by atoms with van der Waals surface area (Å²) in [4.78, 5) is 19.7. The van der Waals surface area contributed by atoms with Crippen LogP contribution >= 0.6 is 11.8 Å². The summed E-state index contributed by atoms with van der Waals surface area (Å²) in [5, 5.41) is 3.63. The molecule has 0 bridgehead atoms. The van der Waals surface area contributed by atoms with Crippen LogP contribution in [0.1, 0.15) is 16.7 Å². The lowest BCUT2D eigenvalue weighted by atomic mass is 10.1. The number of rotatable bonds is 5. The number of thioether (sulfide) groups is 1. The molecule has 0 spiro atoms. The van der Waals surface area contributed by atoms with Gasteiger partial charge in [0.15, 0.2) is 5.16 Å². The number of aryl methyl sites for hydroxylation is 3. The van der Waals surface area contributed by atoms with Crippen LogP contribution in [-0.2, 0) is 4.79 Å². The molecule has 2 aromatic carbocycles. The van der Waals surface area contributed by atoms with E-state index in [9.17, 15) is 9.18 Å². The number of benzene rings is 2. The zero-order valence-corrected chi connectivity index (χ0v) is 15.7. The van der Waals surface area contributed by atoms with Crippen LogP contribution in [0.15, 0.2) is 47.8 Å². The van der Waals surface area contributed by atoms with Crippen LogP contribution in [0.5, 0.6) is 0 Å². The summed E-state index contributed by atoms with van der Waals surface area (Å²) in [7, 11) is 0. The number of hydrogen-bond donors (Lipinski definition) is 2. The number of anilines is 1. The minimum absolute atomic E-state index is 0.0789. The van der Waals surface area contributed by atoms with E-state index in [0.29, 0.717) is 5.16 Å². The van der Waals surface area contributed by atoms with E-state index < -0.39 is 0 Å². The lowest BCUT2D eigenvalue weighted by Gasteiger charge is -2.12. The molecule has 0 saturated heterocycles. The molecule has 0 radical (unpaired) electrons. The highest BCUT2D eigenvalue weighted by Crippen LogP contribution is 2.24. The Morgan fingerprint density at radius 1 is 1.15 bits per heavy atom. The number of nitrogens with one attached hydrogen (secondary N) is 2. The van der Waals surface area contributed by atoms with Crippen LogP contribution in [-0.4, -0.2) is 21.6 Å². The molecule has 4 nitrogen and oxygen atoms in total. The second-order valence-electron chi connectivity index (χ2n) is 6.22. The fourth-order valence-electron chi connectivity index (χ4n) is 2.84. The Morgan fingerprint density at radius 2 is 1.81 bits per heavy atom. The van der Waals surface area contributed by atoms with Gasteiger partial charge in [0.25, 0.3) is 0 Å². The van der Waals surface area contributed by atoms with Gasteiger partial charge in [-0.15, -0.1) is 0 Å². The molecule has 0 aliphatic carbocycles. The molecule has 2 N–H and O–H groups in total. The smallest absolute Gasteiger partial charge is 0.234 e. The number of carbonyl (C=O) groups is 1. The van der Waals surface area contributed by atoms with Crippen LogP contribution in [0, 0.1) is 26.6 Å². The van der Waals surface area contributed by atoms with Gasteiger partial charge in [-0.2, -0.15) is 0 Å². The zero-order chi connectivity index (χ0) is 18.7. The monoisotopic (exact) mass is 369 g/mol. The maximum atomic E-state index is 13.0. The highest BCUT2D eigenvalue weighted by Gasteiger charge is 2.10. The van der Waals surface area contributed by atoms with Gasteiger partial charge < -0.3 is 10.3 Å². The zero-order valence-electron chi connectivity index (χ0n) is 14.9.